The van der Waals surface area contributed by atoms with E-state index in [0.29, 0.717) is 32.1 Å². The number of phosphoric acid groups is 1. The number of hydrogen-bond donors (Lipinski definition) is 4. The number of aliphatic hydroxyl groups is 2. The Morgan fingerprint density at radius 3 is 1.70 bits per heavy atom. The summed E-state index contributed by atoms with van der Waals surface area (Å²) in [6.07, 6.45) is 43.7. The minimum absolute atomic E-state index is 0.00655. The Bertz CT molecular complexity index is 1290. The molecule has 0 aromatic heterocycles. The van der Waals surface area contributed by atoms with Gasteiger partial charge in [-0.05, 0) is 70.6 Å². The van der Waals surface area contributed by atoms with Gasteiger partial charge in [-0.25, -0.2) is 4.57 Å². The molecule has 0 heterocycles. The highest BCUT2D eigenvalue weighted by Crippen LogP contribution is 2.43. The second kappa shape index (κ2) is 39.7. The Kier molecular flexibility index (Phi) is 37.5. The van der Waals surface area contributed by atoms with Crippen LogP contribution in [0.4, 0.5) is 0 Å². The Labute approximate surface area is 343 Å². The van der Waals surface area contributed by atoms with Crippen molar-refractivity contribution in [2.24, 2.45) is 5.73 Å². The zero-order valence-electron chi connectivity index (χ0n) is 34.7. The van der Waals surface area contributed by atoms with E-state index in [1.165, 1.54) is 19.3 Å². The van der Waals surface area contributed by atoms with Crippen LogP contribution in [-0.2, 0) is 32.7 Å². The Hall–Kier alpha value is -3.15. The van der Waals surface area contributed by atoms with Crippen LogP contribution in [0.5, 0.6) is 0 Å². The average Bonchev–Trinajstić information content (AvgIpc) is 3.18. The van der Waals surface area contributed by atoms with Gasteiger partial charge in [0.15, 0.2) is 6.10 Å². The maximum Gasteiger partial charge on any atom is 0.472 e. The highest BCUT2D eigenvalue weighted by atomic mass is 31.2. The molecule has 324 valence electrons. The predicted molar refractivity (Wildman–Crippen MR) is 231 cm³/mol. The SMILES string of the molecule is CCCCC/C=C\C/C=C\C/C=C\C/C=C\CCCC(=O)O[C@H](COC(=O)CCC[C@@H](O)/C=C/C=C\C/C=C\C=C\[C@@H](O)CCCCC)COP(=O)(O)OCCN. The van der Waals surface area contributed by atoms with Crippen LogP contribution in [0.1, 0.15) is 129 Å². The lowest BCUT2D eigenvalue weighted by Crippen LogP contribution is -2.29. The summed E-state index contributed by atoms with van der Waals surface area (Å²) in [6.45, 7) is 3.24. The van der Waals surface area contributed by atoms with Crippen LogP contribution in [-0.4, -0.2) is 71.7 Å². The number of phosphoric ester groups is 1. The number of allylic oxidation sites excluding steroid dienone is 14. The van der Waals surface area contributed by atoms with Gasteiger partial charge in [0.05, 0.1) is 25.4 Å². The molecule has 4 atom stereocenters. The molecule has 0 aliphatic carbocycles. The van der Waals surface area contributed by atoms with Crippen LogP contribution in [0.15, 0.2) is 97.2 Å². The van der Waals surface area contributed by atoms with Crippen LogP contribution in [0.2, 0.25) is 0 Å². The Balaban J connectivity index is 4.54. The first-order valence-electron chi connectivity index (χ1n) is 20.9. The van der Waals surface area contributed by atoms with Gasteiger partial charge in [-0.2, -0.15) is 0 Å². The van der Waals surface area contributed by atoms with Crippen molar-refractivity contribution in [2.45, 2.75) is 148 Å². The molecule has 0 rings (SSSR count). The third-order valence-corrected chi connectivity index (χ3v) is 9.13. The number of aliphatic hydroxyl groups excluding tert-OH is 2. The van der Waals surface area contributed by atoms with Crippen molar-refractivity contribution in [1.82, 2.24) is 0 Å². The molecule has 0 aromatic rings. The molecule has 0 aliphatic heterocycles. The molecule has 57 heavy (non-hydrogen) atoms. The smallest absolute Gasteiger partial charge is 0.462 e. The number of carbonyl (C=O) groups excluding carboxylic acids is 2. The fraction of sp³-hybridized carbons (Fsp3) is 0.600. The molecule has 5 N–H and O–H groups in total. The Morgan fingerprint density at radius 1 is 0.614 bits per heavy atom. The number of esters is 2. The van der Waals surface area contributed by atoms with Crippen LogP contribution in [0.25, 0.3) is 0 Å². The summed E-state index contributed by atoms with van der Waals surface area (Å²) >= 11 is 0. The molecule has 0 radical (unpaired) electrons. The molecule has 0 aromatic carbocycles. The summed E-state index contributed by atoms with van der Waals surface area (Å²) in [6, 6.07) is 0. The third kappa shape index (κ3) is 39.5. The summed E-state index contributed by atoms with van der Waals surface area (Å²) in [5.41, 5.74) is 5.32. The highest BCUT2D eigenvalue weighted by molar-refractivity contribution is 7.47. The van der Waals surface area contributed by atoms with Crippen molar-refractivity contribution < 1.29 is 47.8 Å². The lowest BCUT2D eigenvalue weighted by molar-refractivity contribution is -0.161. The first-order chi connectivity index (χ1) is 27.6. The number of ether oxygens (including phenoxy) is 2. The molecule has 0 bridgehead atoms. The second-order valence-corrected chi connectivity index (χ2v) is 15.0. The van der Waals surface area contributed by atoms with Crippen LogP contribution in [0.3, 0.4) is 0 Å². The molecule has 12 heteroatoms. The molecule has 1 unspecified atom stereocenters. The zero-order valence-corrected chi connectivity index (χ0v) is 35.6. The summed E-state index contributed by atoms with van der Waals surface area (Å²) in [7, 11) is -4.45. The van der Waals surface area contributed by atoms with Crippen LogP contribution in [0, 0.1) is 0 Å². The lowest BCUT2D eigenvalue weighted by atomic mass is 10.1. The van der Waals surface area contributed by atoms with E-state index >= 15 is 0 Å². The van der Waals surface area contributed by atoms with Gasteiger partial charge in [-0.15, -0.1) is 0 Å². The summed E-state index contributed by atoms with van der Waals surface area (Å²) in [4.78, 5) is 34.8. The van der Waals surface area contributed by atoms with Gasteiger partial charge in [0.1, 0.15) is 6.61 Å². The summed E-state index contributed by atoms with van der Waals surface area (Å²) in [5.74, 6) is -1.13. The standard InChI is InChI=1S/C45H74NO10P/c1-3-5-7-8-9-10-11-12-13-14-15-16-17-18-22-25-29-35-45(50)56-43(40-55-57(51,52)54-38-37-46)39-53-44(49)36-30-34-42(48)33-28-24-21-19-20-23-27-32-41(47)31-26-6-4-2/h9-10,12-13,15-16,18,20-24,27-28,32-33,41-43,47-48H,3-8,11,14,17,19,25-26,29-31,34-40,46H2,1-2H3,(H,51,52)/b10-9-,13-12-,16-15-,22-18-,23-20-,24-21-,32-27+,33-28+/t41-,42-,43+/m0/s1. The lowest BCUT2D eigenvalue weighted by Gasteiger charge is -2.19. The van der Waals surface area contributed by atoms with Gasteiger partial charge < -0.3 is 30.3 Å². The van der Waals surface area contributed by atoms with Crippen molar-refractivity contribution in [3.8, 4) is 0 Å². The molecule has 0 aliphatic rings. The minimum Gasteiger partial charge on any atom is -0.462 e. The first kappa shape index (κ1) is 53.9. The number of rotatable bonds is 37. The van der Waals surface area contributed by atoms with E-state index in [2.05, 4.69) is 50.3 Å². The molecular weight excluding hydrogens is 745 g/mol. The fourth-order valence-corrected chi connectivity index (χ4v) is 5.72. The molecule has 0 saturated heterocycles. The zero-order chi connectivity index (χ0) is 42.1. The maximum absolute atomic E-state index is 12.6. The van der Waals surface area contributed by atoms with Crippen molar-refractivity contribution >= 4 is 19.8 Å². The molecule has 11 nitrogen and oxygen atoms in total. The van der Waals surface area contributed by atoms with Crippen molar-refractivity contribution in [3.05, 3.63) is 97.2 Å². The molecule has 0 saturated carbocycles. The number of unbranched alkanes of at least 4 members (excludes halogenated alkanes) is 6. The van der Waals surface area contributed by atoms with Gasteiger partial charge in [0, 0.05) is 19.4 Å². The third-order valence-electron chi connectivity index (χ3n) is 8.15. The predicted octanol–water partition coefficient (Wildman–Crippen LogP) is 9.77. The van der Waals surface area contributed by atoms with E-state index in [1.54, 1.807) is 18.2 Å². The second-order valence-electron chi connectivity index (χ2n) is 13.5. The molecular formula is C45H74NO10P. The molecule has 0 fully saturated rings. The fourth-order valence-electron chi connectivity index (χ4n) is 4.96. The van der Waals surface area contributed by atoms with Crippen LogP contribution < -0.4 is 5.73 Å². The highest BCUT2D eigenvalue weighted by Gasteiger charge is 2.26. The van der Waals surface area contributed by atoms with Gasteiger partial charge >= 0.3 is 19.8 Å². The van der Waals surface area contributed by atoms with E-state index in [0.717, 1.165) is 51.4 Å². The monoisotopic (exact) mass is 820 g/mol. The van der Waals surface area contributed by atoms with Crippen molar-refractivity contribution in [1.29, 1.82) is 0 Å². The van der Waals surface area contributed by atoms with Crippen molar-refractivity contribution in [3.63, 3.8) is 0 Å². The maximum atomic E-state index is 12.6. The van der Waals surface area contributed by atoms with Gasteiger partial charge in [-0.3, -0.25) is 18.6 Å². The quantitative estimate of drug-likeness (QED) is 0.0154. The number of nitrogens with two attached hydrogens (primary N) is 1. The largest absolute Gasteiger partial charge is 0.472 e. The normalized spacial score (nSPS) is 15.4. The first-order valence-corrected chi connectivity index (χ1v) is 22.4. The Morgan fingerprint density at radius 2 is 1.12 bits per heavy atom. The number of carbonyl (C=O) groups is 2. The van der Waals surface area contributed by atoms with Crippen LogP contribution >= 0.6 is 7.82 Å². The number of hydrogen-bond acceptors (Lipinski definition) is 10. The van der Waals surface area contributed by atoms with E-state index < -0.39 is 44.7 Å². The van der Waals surface area contributed by atoms with Gasteiger partial charge in [0.25, 0.3) is 0 Å². The van der Waals surface area contributed by atoms with Gasteiger partial charge in [-0.1, -0.05) is 143 Å². The average molecular weight is 820 g/mol. The topological polar surface area (TPSA) is 175 Å². The molecule has 0 spiro atoms. The summed E-state index contributed by atoms with van der Waals surface area (Å²) in [5, 5.41) is 20.1. The molecule has 0 amide bonds. The minimum atomic E-state index is -4.45. The summed E-state index contributed by atoms with van der Waals surface area (Å²) < 4.78 is 32.5. The van der Waals surface area contributed by atoms with Crippen molar-refractivity contribution in [2.75, 3.05) is 26.4 Å². The van der Waals surface area contributed by atoms with Gasteiger partial charge in [0.2, 0.25) is 0 Å². The van der Waals surface area contributed by atoms with E-state index in [1.807, 2.05) is 42.5 Å². The van der Waals surface area contributed by atoms with E-state index in [4.69, 9.17) is 24.3 Å². The van der Waals surface area contributed by atoms with E-state index in [-0.39, 0.29) is 32.6 Å². The van der Waals surface area contributed by atoms with E-state index in [9.17, 15) is 29.3 Å².